The normalized spacial score (nSPS) is 11.3. The average Bonchev–Trinajstić information content (AvgIpc) is 3.45. The van der Waals surface area contributed by atoms with Gasteiger partial charge in [0.1, 0.15) is 0 Å². The van der Waals surface area contributed by atoms with Crippen LogP contribution in [0.25, 0.3) is 61.7 Å². The fraction of sp³-hybridized carbons (Fsp3) is 0.0250. The molecule has 0 aliphatic carbocycles. The predicted octanol–water partition coefficient (Wildman–Crippen LogP) is 9.56. The molecule has 0 unspecified atom stereocenters. The lowest BCUT2D eigenvalue weighted by Gasteiger charge is -2.13. The van der Waals surface area contributed by atoms with E-state index in [2.05, 4.69) is 102 Å². The highest BCUT2D eigenvalue weighted by atomic mass is 15.2. The molecule has 4 heteroatoms. The Labute approximate surface area is 256 Å². The summed E-state index contributed by atoms with van der Waals surface area (Å²) in [6.07, 6.45) is 0.783. The molecule has 0 bridgehead atoms. The predicted molar refractivity (Wildman–Crippen MR) is 180 cm³/mol. The third-order valence-electron chi connectivity index (χ3n) is 8.12. The summed E-state index contributed by atoms with van der Waals surface area (Å²) in [5, 5.41) is 2.36. The van der Waals surface area contributed by atoms with Crippen LogP contribution < -0.4 is 0 Å². The maximum atomic E-state index is 5.11. The standard InChI is InChI=1S/C40H28N4/c1-4-13-29(14-5-1)30-25-23-28(24-26-30)27-33-19-12-21-35-34-20-10-11-22-36(34)44(37(33)35)40-42-38(31-15-6-2-7-16-31)41-39(43-40)32-17-8-3-9-18-32/h1-26H,27H2. The van der Waals surface area contributed by atoms with Gasteiger partial charge >= 0.3 is 0 Å². The summed E-state index contributed by atoms with van der Waals surface area (Å²) < 4.78 is 2.22. The van der Waals surface area contributed by atoms with Crippen molar-refractivity contribution in [2.45, 2.75) is 6.42 Å². The molecule has 8 rings (SSSR count). The van der Waals surface area contributed by atoms with E-state index in [-0.39, 0.29) is 0 Å². The van der Waals surface area contributed by atoms with Crippen molar-refractivity contribution in [1.82, 2.24) is 19.5 Å². The minimum atomic E-state index is 0.607. The van der Waals surface area contributed by atoms with Crippen LogP contribution in [0, 0.1) is 0 Å². The van der Waals surface area contributed by atoms with E-state index < -0.39 is 0 Å². The maximum absolute atomic E-state index is 5.11. The number of fused-ring (bicyclic) bond motifs is 3. The van der Waals surface area contributed by atoms with E-state index in [1.165, 1.54) is 33.0 Å². The van der Waals surface area contributed by atoms with Crippen molar-refractivity contribution < 1.29 is 0 Å². The van der Waals surface area contributed by atoms with Gasteiger partial charge in [0.25, 0.3) is 0 Å². The SMILES string of the molecule is c1ccc(-c2ccc(Cc3cccc4c5ccccc5n(-c5nc(-c6ccccc6)nc(-c6ccccc6)n5)c34)cc2)cc1. The molecule has 0 aliphatic rings. The van der Waals surface area contributed by atoms with Gasteiger partial charge in [-0.15, -0.1) is 0 Å². The fourth-order valence-electron chi connectivity index (χ4n) is 6.00. The van der Waals surface area contributed by atoms with Crippen molar-refractivity contribution in [2.24, 2.45) is 0 Å². The molecule has 2 aromatic heterocycles. The van der Waals surface area contributed by atoms with E-state index in [1.807, 2.05) is 60.7 Å². The third-order valence-corrected chi connectivity index (χ3v) is 8.12. The number of benzene rings is 6. The largest absolute Gasteiger partial charge is 0.278 e. The first-order valence-electron chi connectivity index (χ1n) is 14.8. The molecule has 6 aromatic carbocycles. The zero-order valence-electron chi connectivity index (χ0n) is 24.0. The molecule has 0 N–H and O–H groups in total. The highest BCUT2D eigenvalue weighted by molar-refractivity contribution is 6.10. The Morgan fingerprint density at radius 3 is 1.57 bits per heavy atom. The summed E-state index contributed by atoms with van der Waals surface area (Å²) in [5.41, 5.74) is 8.99. The summed E-state index contributed by atoms with van der Waals surface area (Å²) in [6.45, 7) is 0. The molecule has 208 valence electrons. The van der Waals surface area contributed by atoms with Crippen LogP contribution in [0.2, 0.25) is 0 Å². The van der Waals surface area contributed by atoms with E-state index in [9.17, 15) is 0 Å². The van der Waals surface area contributed by atoms with Gasteiger partial charge in [-0.05, 0) is 34.7 Å². The minimum absolute atomic E-state index is 0.607. The van der Waals surface area contributed by atoms with Gasteiger partial charge in [0.15, 0.2) is 11.6 Å². The third kappa shape index (κ3) is 4.73. The zero-order valence-corrected chi connectivity index (χ0v) is 24.0. The molecule has 0 aliphatic heterocycles. The quantitative estimate of drug-likeness (QED) is 0.202. The molecule has 0 saturated carbocycles. The first-order valence-corrected chi connectivity index (χ1v) is 14.8. The minimum Gasteiger partial charge on any atom is -0.278 e. The van der Waals surface area contributed by atoms with Crippen LogP contribution in [0.5, 0.6) is 0 Å². The Hall–Kier alpha value is -5.87. The second-order valence-electron chi connectivity index (χ2n) is 10.9. The number of aromatic nitrogens is 4. The van der Waals surface area contributed by atoms with Crippen LogP contribution in [0.4, 0.5) is 0 Å². The highest BCUT2D eigenvalue weighted by Crippen LogP contribution is 2.35. The Morgan fingerprint density at radius 2 is 0.932 bits per heavy atom. The van der Waals surface area contributed by atoms with Crippen molar-refractivity contribution in [3.8, 4) is 39.9 Å². The Kier molecular flexibility index (Phi) is 6.50. The van der Waals surface area contributed by atoms with Gasteiger partial charge in [0.2, 0.25) is 5.95 Å². The lowest BCUT2D eigenvalue weighted by molar-refractivity contribution is 0.949. The number of para-hydroxylation sites is 2. The first kappa shape index (κ1) is 25.8. The van der Waals surface area contributed by atoms with Crippen molar-refractivity contribution in [2.75, 3.05) is 0 Å². The molecule has 0 radical (unpaired) electrons. The highest BCUT2D eigenvalue weighted by Gasteiger charge is 2.19. The number of hydrogen-bond donors (Lipinski definition) is 0. The van der Waals surface area contributed by atoms with E-state index in [4.69, 9.17) is 15.0 Å². The summed E-state index contributed by atoms with van der Waals surface area (Å²) in [4.78, 5) is 15.1. The van der Waals surface area contributed by atoms with E-state index in [0.29, 0.717) is 17.6 Å². The van der Waals surface area contributed by atoms with Gasteiger partial charge in [0, 0.05) is 21.9 Å². The second kappa shape index (κ2) is 11.1. The van der Waals surface area contributed by atoms with Crippen molar-refractivity contribution in [3.63, 3.8) is 0 Å². The van der Waals surface area contributed by atoms with E-state index in [1.54, 1.807) is 0 Å². The zero-order chi connectivity index (χ0) is 29.3. The molecule has 0 atom stereocenters. The first-order chi connectivity index (χ1) is 21.8. The lowest BCUT2D eigenvalue weighted by Crippen LogP contribution is -2.07. The molecule has 2 heterocycles. The Bertz CT molecular complexity index is 2160. The van der Waals surface area contributed by atoms with E-state index in [0.717, 1.165) is 28.6 Å². The fourth-order valence-corrected chi connectivity index (χ4v) is 6.00. The van der Waals surface area contributed by atoms with Gasteiger partial charge in [-0.1, -0.05) is 152 Å². The van der Waals surface area contributed by atoms with Crippen molar-refractivity contribution >= 4 is 21.8 Å². The smallest absolute Gasteiger partial charge is 0.238 e. The van der Waals surface area contributed by atoms with Crippen LogP contribution in [-0.4, -0.2) is 19.5 Å². The van der Waals surface area contributed by atoms with Crippen LogP contribution >= 0.6 is 0 Å². The van der Waals surface area contributed by atoms with Gasteiger partial charge in [-0.25, -0.2) is 4.98 Å². The average molecular weight is 565 g/mol. The van der Waals surface area contributed by atoms with Gasteiger partial charge < -0.3 is 0 Å². The molecule has 0 amide bonds. The molecule has 0 spiro atoms. The summed E-state index contributed by atoms with van der Waals surface area (Å²) in [6, 6.07) is 54.8. The topological polar surface area (TPSA) is 43.6 Å². The molecule has 44 heavy (non-hydrogen) atoms. The number of hydrogen-bond acceptors (Lipinski definition) is 3. The molecule has 8 aromatic rings. The van der Waals surface area contributed by atoms with E-state index >= 15 is 0 Å². The van der Waals surface area contributed by atoms with Gasteiger partial charge in [-0.2, -0.15) is 9.97 Å². The monoisotopic (exact) mass is 564 g/mol. The Balaban J connectivity index is 1.32. The Morgan fingerprint density at radius 1 is 0.409 bits per heavy atom. The molecular weight excluding hydrogens is 536 g/mol. The summed E-state index contributed by atoms with van der Waals surface area (Å²) in [5.74, 6) is 1.90. The van der Waals surface area contributed by atoms with Crippen LogP contribution in [0.3, 0.4) is 0 Å². The van der Waals surface area contributed by atoms with Crippen molar-refractivity contribution in [1.29, 1.82) is 0 Å². The maximum Gasteiger partial charge on any atom is 0.238 e. The second-order valence-corrected chi connectivity index (χ2v) is 10.9. The molecular formula is C40H28N4. The van der Waals surface area contributed by atoms with Gasteiger partial charge in [-0.3, -0.25) is 4.57 Å². The van der Waals surface area contributed by atoms with Crippen molar-refractivity contribution in [3.05, 3.63) is 169 Å². The van der Waals surface area contributed by atoms with Crippen LogP contribution in [0.15, 0.2) is 158 Å². The van der Waals surface area contributed by atoms with Crippen LogP contribution in [-0.2, 0) is 6.42 Å². The summed E-state index contributed by atoms with van der Waals surface area (Å²) in [7, 11) is 0. The number of nitrogens with zero attached hydrogens (tertiary/aromatic N) is 4. The molecule has 0 saturated heterocycles. The van der Waals surface area contributed by atoms with Crippen LogP contribution in [0.1, 0.15) is 11.1 Å². The number of rotatable bonds is 6. The molecule has 0 fully saturated rings. The summed E-state index contributed by atoms with van der Waals surface area (Å²) >= 11 is 0. The molecule has 4 nitrogen and oxygen atoms in total. The van der Waals surface area contributed by atoms with Gasteiger partial charge in [0.05, 0.1) is 11.0 Å². The lowest BCUT2D eigenvalue weighted by atomic mass is 9.99.